The number of pyridine rings is 1. The smallest absolute Gasteiger partial charge is 0.0416 e. The predicted molar refractivity (Wildman–Crippen MR) is 77.8 cm³/mol. The summed E-state index contributed by atoms with van der Waals surface area (Å²) in [5.74, 6) is 0. The third-order valence-corrected chi connectivity index (χ3v) is 3.00. The fraction of sp³-hybridized carbons (Fsp3) is 0.667. The van der Waals surface area contributed by atoms with Crippen molar-refractivity contribution < 1.29 is 0 Å². The summed E-state index contributed by atoms with van der Waals surface area (Å²) in [5.41, 5.74) is 1.19. The molecule has 0 amide bonds. The van der Waals surface area contributed by atoms with E-state index in [1.54, 1.807) is 0 Å². The first-order valence-corrected chi connectivity index (χ1v) is 7.00. The van der Waals surface area contributed by atoms with Gasteiger partial charge in [0.15, 0.2) is 0 Å². The highest BCUT2D eigenvalue weighted by Crippen LogP contribution is 1.98. The van der Waals surface area contributed by atoms with Crippen LogP contribution >= 0.6 is 0 Å². The lowest BCUT2D eigenvalue weighted by Crippen LogP contribution is -2.26. The molecule has 3 nitrogen and oxygen atoms in total. The quantitative estimate of drug-likeness (QED) is 0.681. The molecule has 18 heavy (non-hydrogen) atoms. The Bertz CT molecular complexity index is 298. The van der Waals surface area contributed by atoms with Gasteiger partial charge in [0.1, 0.15) is 0 Å². The summed E-state index contributed by atoms with van der Waals surface area (Å²) < 4.78 is 0. The zero-order valence-electron chi connectivity index (χ0n) is 12.0. The molecule has 0 spiro atoms. The Kier molecular flexibility index (Phi) is 7.62. The van der Waals surface area contributed by atoms with E-state index in [4.69, 9.17) is 0 Å². The van der Waals surface area contributed by atoms with E-state index in [0.29, 0.717) is 6.04 Å². The van der Waals surface area contributed by atoms with Crippen molar-refractivity contribution in [1.29, 1.82) is 0 Å². The molecule has 0 unspecified atom stereocenters. The van der Waals surface area contributed by atoms with Crippen LogP contribution in [0.3, 0.4) is 0 Å². The number of nitrogens with zero attached hydrogens (tertiary/aromatic N) is 2. The van der Waals surface area contributed by atoms with E-state index in [0.717, 1.165) is 19.5 Å². The second-order valence-electron chi connectivity index (χ2n) is 5.19. The number of nitrogens with one attached hydrogen (secondary N) is 1. The summed E-state index contributed by atoms with van der Waals surface area (Å²) in [6, 6.07) is 6.72. The highest BCUT2D eigenvalue weighted by molar-refractivity contribution is 5.03. The van der Waals surface area contributed by atoms with Gasteiger partial charge in [0, 0.05) is 30.9 Å². The molecule has 1 aromatic heterocycles. The molecule has 0 aliphatic carbocycles. The highest BCUT2D eigenvalue weighted by atomic mass is 15.1. The minimum absolute atomic E-state index is 0.604. The third kappa shape index (κ3) is 7.41. The molecule has 1 heterocycles. The molecule has 3 heteroatoms. The Morgan fingerprint density at radius 3 is 2.72 bits per heavy atom. The van der Waals surface area contributed by atoms with Gasteiger partial charge in [0.25, 0.3) is 0 Å². The van der Waals surface area contributed by atoms with Crippen molar-refractivity contribution in [1.82, 2.24) is 15.2 Å². The molecule has 0 radical (unpaired) electrons. The molecule has 0 aromatic carbocycles. The van der Waals surface area contributed by atoms with E-state index in [1.165, 1.54) is 25.1 Å². The SMILES string of the molecule is CC(C)NCCCCN(C)CCc1ccccn1. The molecule has 1 N–H and O–H groups in total. The van der Waals surface area contributed by atoms with Crippen LogP contribution in [0.5, 0.6) is 0 Å². The second kappa shape index (κ2) is 9.06. The van der Waals surface area contributed by atoms with Gasteiger partial charge in [0.05, 0.1) is 0 Å². The minimum atomic E-state index is 0.604. The van der Waals surface area contributed by atoms with Crippen LogP contribution in [0.1, 0.15) is 32.4 Å². The first-order valence-electron chi connectivity index (χ1n) is 7.00. The minimum Gasteiger partial charge on any atom is -0.315 e. The fourth-order valence-electron chi connectivity index (χ4n) is 1.86. The van der Waals surface area contributed by atoms with Crippen molar-refractivity contribution in [2.24, 2.45) is 0 Å². The Morgan fingerprint density at radius 1 is 1.22 bits per heavy atom. The topological polar surface area (TPSA) is 28.2 Å². The van der Waals surface area contributed by atoms with Crippen LogP contribution in [-0.2, 0) is 6.42 Å². The molecule has 0 atom stereocenters. The molecule has 0 fully saturated rings. The summed E-state index contributed by atoms with van der Waals surface area (Å²) in [5, 5.41) is 3.45. The molecule has 0 saturated carbocycles. The van der Waals surface area contributed by atoms with Crippen LogP contribution in [0, 0.1) is 0 Å². The van der Waals surface area contributed by atoms with Gasteiger partial charge >= 0.3 is 0 Å². The summed E-state index contributed by atoms with van der Waals surface area (Å²) in [6.07, 6.45) is 5.43. The molecular formula is C15H27N3. The average Bonchev–Trinajstić information content (AvgIpc) is 2.37. The summed E-state index contributed by atoms with van der Waals surface area (Å²) in [6.45, 7) is 7.78. The van der Waals surface area contributed by atoms with Crippen molar-refractivity contribution in [3.05, 3.63) is 30.1 Å². The lowest BCUT2D eigenvalue weighted by molar-refractivity contribution is 0.327. The third-order valence-electron chi connectivity index (χ3n) is 3.00. The van der Waals surface area contributed by atoms with Crippen molar-refractivity contribution in [2.75, 3.05) is 26.7 Å². The molecular weight excluding hydrogens is 222 g/mol. The van der Waals surface area contributed by atoms with Gasteiger partial charge in [-0.25, -0.2) is 0 Å². The van der Waals surface area contributed by atoms with E-state index < -0.39 is 0 Å². The Morgan fingerprint density at radius 2 is 2.06 bits per heavy atom. The number of unbranched alkanes of at least 4 members (excludes halogenated alkanes) is 1. The zero-order chi connectivity index (χ0) is 13.2. The van der Waals surface area contributed by atoms with Crippen LogP contribution in [0.4, 0.5) is 0 Å². The van der Waals surface area contributed by atoms with Crippen molar-refractivity contribution in [3.8, 4) is 0 Å². The Hall–Kier alpha value is -0.930. The van der Waals surface area contributed by atoms with Crippen molar-refractivity contribution in [2.45, 2.75) is 39.2 Å². The van der Waals surface area contributed by atoms with Crippen molar-refractivity contribution in [3.63, 3.8) is 0 Å². The maximum absolute atomic E-state index is 4.34. The van der Waals surface area contributed by atoms with E-state index in [2.05, 4.69) is 48.2 Å². The molecule has 0 aliphatic heterocycles. The van der Waals surface area contributed by atoms with Crippen LogP contribution in [0.2, 0.25) is 0 Å². The van der Waals surface area contributed by atoms with Gasteiger partial charge in [0.2, 0.25) is 0 Å². The maximum Gasteiger partial charge on any atom is 0.0416 e. The highest BCUT2D eigenvalue weighted by Gasteiger charge is 2.00. The summed E-state index contributed by atoms with van der Waals surface area (Å²) in [4.78, 5) is 6.74. The second-order valence-corrected chi connectivity index (χ2v) is 5.19. The van der Waals surface area contributed by atoms with Crippen LogP contribution < -0.4 is 5.32 Å². The van der Waals surface area contributed by atoms with Gasteiger partial charge < -0.3 is 10.2 Å². The number of aromatic nitrogens is 1. The molecule has 102 valence electrons. The van der Waals surface area contributed by atoms with Crippen molar-refractivity contribution >= 4 is 0 Å². The van der Waals surface area contributed by atoms with E-state index in [-0.39, 0.29) is 0 Å². The molecule has 0 saturated heterocycles. The Labute approximate surface area is 112 Å². The predicted octanol–water partition coefficient (Wildman–Crippen LogP) is 2.33. The van der Waals surface area contributed by atoms with Crippen LogP contribution in [0.25, 0.3) is 0 Å². The fourth-order valence-corrected chi connectivity index (χ4v) is 1.86. The van der Waals surface area contributed by atoms with Crippen LogP contribution in [0.15, 0.2) is 24.4 Å². The standard InChI is InChI=1S/C15H27N3/c1-14(2)16-10-6-7-12-18(3)13-9-15-8-4-5-11-17-15/h4-5,8,11,14,16H,6-7,9-10,12-13H2,1-3H3. The van der Waals surface area contributed by atoms with Gasteiger partial charge in [-0.1, -0.05) is 19.9 Å². The van der Waals surface area contributed by atoms with Gasteiger partial charge in [-0.05, 0) is 45.1 Å². The van der Waals surface area contributed by atoms with E-state index in [1.807, 2.05) is 12.3 Å². The van der Waals surface area contributed by atoms with E-state index >= 15 is 0 Å². The maximum atomic E-state index is 4.34. The zero-order valence-corrected chi connectivity index (χ0v) is 12.0. The lowest BCUT2D eigenvalue weighted by Gasteiger charge is -2.16. The summed E-state index contributed by atoms with van der Waals surface area (Å²) in [7, 11) is 2.19. The van der Waals surface area contributed by atoms with Crippen LogP contribution in [-0.4, -0.2) is 42.6 Å². The van der Waals surface area contributed by atoms with E-state index in [9.17, 15) is 0 Å². The normalized spacial score (nSPS) is 11.4. The molecule has 0 aliphatic rings. The number of hydrogen-bond acceptors (Lipinski definition) is 3. The molecule has 0 bridgehead atoms. The first kappa shape index (κ1) is 15.1. The summed E-state index contributed by atoms with van der Waals surface area (Å²) >= 11 is 0. The molecule has 1 aromatic rings. The lowest BCUT2D eigenvalue weighted by atomic mass is 10.2. The average molecular weight is 249 g/mol. The Balaban J connectivity index is 2.02. The van der Waals surface area contributed by atoms with Gasteiger partial charge in [-0.2, -0.15) is 0 Å². The molecule has 1 rings (SSSR count). The number of likely N-dealkylation sites (N-methyl/N-ethyl adjacent to an activating group) is 1. The van der Waals surface area contributed by atoms with Gasteiger partial charge in [-0.15, -0.1) is 0 Å². The number of rotatable bonds is 9. The van der Waals surface area contributed by atoms with Gasteiger partial charge in [-0.3, -0.25) is 4.98 Å². The first-order chi connectivity index (χ1) is 8.68. The largest absolute Gasteiger partial charge is 0.315 e. The number of hydrogen-bond donors (Lipinski definition) is 1. The monoisotopic (exact) mass is 249 g/mol.